The monoisotopic (exact) mass is 385 g/mol. The van der Waals surface area contributed by atoms with Gasteiger partial charge in [0, 0.05) is 44.0 Å². The summed E-state index contributed by atoms with van der Waals surface area (Å²) in [6, 6.07) is 7.17. The fourth-order valence-corrected chi connectivity index (χ4v) is 2.87. The van der Waals surface area contributed by atoms with Crippen LogP contribution in [0.3, 0.4) is 0 Å². The number of cyclic esters (lactones) is 1. The first kappa shape index (κ1) is 19.4. The molecule has 148 valence electrons. The van der Waals surface area contributed by atoms with E-state index in [0.717, 1.165) is 17.5 Å². The molecule has 1 saturated heterocycles. The molecule has 1 aliphatic rings. The minimum atomic E-state index is -0.337. The first-order chi connectivity index (χ1) is 13.6. The van der Waals surface area contributed by atoms with Crippen molar-refractivity contribution in [1.29, 1.82) is 0 Å². The van der Waals surface area contributed by atoms with Gasteiger partial charge in [0.05, 0.1) is 12.8 Å². The van der Waals surface area contributed by atoms with Crippen LogP contribution in [0, 0.1) is 0 Å². The number of rotatable bonds is 7. The Hall–Kier alpha value is -3.36. The highest BCUT2D eigenvalue weighted by atomic mass is 16.6. The SMILES string of the molecule is CNC(=O)Cn1cc(-c2cccc(C(=O)NCCN3CCCOC3=O)c2)cn1. The van der Waals surface area contributed by atoms with Crippen molar-refractivity contribution >= 4 is 17.9 Å². The Morgan fingerprint density at radius 2 is 2.14 bits per heavy atom. The third kappa shape index (κ3) is 4.87. The summed E-state index contributed by atoms with van der Waals surface area (Å²) in [7, 11) is 1.57. The zero-order valence-electron chi connectivity index (χ0n) is 15.7. The summed E-state index contributed by atoms with van der Waals surface area (Å²) in [5.74, 6) is -0.356. The predicted molar refractivity (Wildman–Crippen MR) is 102 cm³/mol. The molecule has 1 aliphatic heterocycles. The van der Waals surface area contributed by atoms with Gasteiger partial charge in [0.15, 0.2) is 0 Å². The quantitative estimate of drug-likeness (QED) is 0.736. The van der Waals surface area contributed by atoms with Crippen LogP contribution in [0.15, 0.2) is 36.7 Å². The average molecular weight is 385 g/mol. The maximum Gasteiger partial charge on any atom is 0.409 e. The van der Waals surface area contributed by atoms with E-state index in [9.17, 15) is 14.4 Å². The summed E-state index contributed by atoms with van der Waals surface area (Å²) >= 11 is 0. The Labute approximate surface area is 162 Å². The zero-order chi connectivity index (χ0) is 19.9. The van der Waals surface area contributed by atoms with Crippen LogP contribution in [0.4, 0.5) is 4.79 Å². The fourth-order valence-electron chi connectivity index (χ4n) is 2.87. The Bertz CT molecular complexity index is 864. The summed E-state index contributed by atoms with van der Waals surface area (Å²) in [4.78, 5) is 37.0. The molecule has 0 spiro atoms. The third-order valence-corrected chi connectivity index (χ3v) is 4.40. The second-order valence-electron chi connectivity index (χ2n) is 6.39. The lowest BCUT2D eigenvalue weighted by Crippen LogP contribution is -2.42. The molecule has 2 N–H and O–H groups in total. The number of amides is 3. The first-order valence-electron chi connectivity index (χ1n) is 9.10. The van der Waals surface area contributed by atoms with Gasteiger partial charge in [-0.25, -0.2) is 4.79 Å². The first-order valence-corrected chi connectivity index (χ1v) is 9.10. The molecule has 3 amide bonds. The Morgan fingerprint density at radius 1 is 1.29 bits per heavy atom. The van der Waals surface area contributed by atoms with Crippen molar-refractivity contribution in [3.8, 4) is 11.1 Å². The van der Waals surface area contributed by atoms with E-state index in [1.54, 1.807) is 47.2 Å². The van der Waals surface area contributed by atoms with Crippen LogP contribution in [0.2, 0.25) is 0 Å². The highest BCUT2D eigenvalue weighted by molar-refractivity contribution is 5.95. The average Bonchev–Trinajstić information content (AvgIpc) is 3.18. The zero-order valence-corrected chi connectivity index (χ0v) is 15.7. The minimum absolute atomic E-state index is 0.135. The molecule has 0 atom stereocenters. The highest BCUT2D eigenvalue weighted by Gasteiger charge is 2.19. The van der Waals surface area contributed by atoms with Crippen LogP contribution >= 0.6 is 0 Å². The van der Waals surface area contributed by atoms with Gasteiger partial charge in [0.25, 0.3) is 5.91 Å². The van der Waals surface area contributed by atoms with Gasteiger partial charge >= 0.3 is 6.09 Å². The number of carbonyl (C=O) groups is 3. The van der Waals surface area contributed by atoms with Crippen molar-refractivity contribution in [2.24, 2.45) is 0 Å². The molecule has 0 saturated carbocycles. The van der Waals surface area contributed by atoms with E-state index in [1.165, 1.54) is 0 Å². The molecule has 0 radical (unpaired) electrons. The Morgan fingerprint density at radius 3 is 2.93 bits per heavy atom. The van der Waals surface area contributed by atoms with Gasteiger partial charge in [-0.1, -0.05) is 12.1 Å². The topological polar surface area (TPSA) is 106 Å². The molecule has 2 aromatic rings. The van der Waals surface area contributed by atoms with Crippen LogP contribution in [-0.4, -0.2) is 65.9 Å². The number of nitrogens with zero attached hydrogens (tertiary/aromatic N) is 3. The van der Waals surface area contributed by atoms with E-state index in [-0.39, 0.29) is 24.5 Å². The number of benzene rings is 1. The highest BCUT2D eigenvalue weighted by Crippen LogP contribution is 2.20. The molecule has 1 aromatic carbocycles. The molecule has 9 nitrogen and oxygen atoms in total. The van der Waals surface area contributed by atoms with Crippen molar-refractivity contribution in [3.63, 3.8) is 0 Å². The second-order valence-corrected chi connectivity index (χ2v) is 6.39. The van der Waals surface area contributed by atoms with Gasteiger partial charge in [-0.2, -0.15) is 5.10 Å². The lowest BCUT2D eigenvalue weighted by molar-refractivity contribution is -0.121. The number of carbonyl (C=O) groups excluding carboxylic acids is 3. The fraction of sp³-hybridized carbons (Fsp3) is 0.368. The van der Waals surface area contributed by atoms with E-state index in [4.69, 9.17) is 4.74 Å². The van der Waals surface area contributed by atoms with Gasteiger partial charge in [0.2, 0.25) is 5.91 Å². The van der Waals surface area contributed by atoms with Gasteiger partial charge in [0.1, 0.15) is 6.54 Å². The van der Waals surface area contributed by atoms with Crippen molar-refractivity contribution in [2.75, 3.05) is 33.3 Å². The molecule has 3 rings (SSSR count). The van der Waals surface area contributed by atoms with Crippen LogP contribution in [0.25, 0.3) is 11.1 Å². The molecule has 9 heteroatoms. The summed E-state index contributed by atoms with van der Waals surface area (Å²) in [5.41, 5.74) is 2.16. The summed E-state index contributed by atoms with van der Waals surface area (Å²) < 4.78 is 6.51. The van der Waals surface area contributed by atoms with Crippen molar-refractivity contribution in [2.45, 2.75) is 13.0 Å². The maximum atomic E-state index is 12.4. The molecule has 1 fully saturated rings. The number of hydrogen-bond donors (Lipinski definition) is 2. The van der Waals surface area contributed by atoms with E-state index in [2.05, 4.69) is 15.7 Å². The Kier molecular flexibility index (Phi) is 6.25. The molecule has 0 aliphatic carbocycles. The summed E-state index contributed by atoms with van der Waals surface area (Å²) in [6.07, 6.45) is 3.88. The van der Waals surface area contributed by atoms with Gasteiger partial charge in [-0.05, 0) is 24.1 Å². The smallest absolute Gasteiger partial charge is 0.409 e. The number of aromatic nitrogens is 2. The number of nitrogens with one attached hydrogen (secondary N) is 2. The Balaban J connectivity index is 1.58. The molecular formula is C19H23N5O4. The number of likely N-dealkylation sites (N-methyl/N-ethyl adjacent to an activating group) is 1. The lowest BCUT2D eigenvalue weighted by Gasteiger charge is -2.26. The van der Waals surface area contributed by atoms with Gasteiger partial charge < -0.3 is 20.3 Å². The van der Waals surface area contributed by atoms with Crippen molar-refractivity contribution < 1.29 is 19.1 Å². The van der Waals surface area contributed by atoms with E-state index in [1.807, 2.05) is 6.07 Å². The van der Waals surface area contributed by atoms with Crippen molar-refractivity contribution in [1.82, 2.24) is 25.3 Å². The third-order valence-electron chi connectivity index (χ3n) is 4.40. The molecule has 0 bridgehead atoms. The largest absolute Gasteiger partial charge is 0.449 e. The predicted octanol–water partition coefficient (Wildman–Crippen LogP) is 0.868. The van der Waals surface area contributed by atoms with Crippen LogP contribution in [-0.2, 0) is 16.1 Å². The van der Waals surface area contributed by atoms with Crippen LogP contribution in [0.1, 0.15) is 16.8 Å². The normalized spacial score (nSPS) is 13.8. The second kappa shape index (κ2) is 9.03. The van der Waals surface area contributed by atoms with Gasteiger partial charge in [-0.15, -0.1) is 0 Å². The molecule has 0 unspecified atom stereocenters. The molecular weight excluding hydrogens is 362 g/mol. The van der Waals surface area contributed by atoms with Crippen LogP contribution in [0.5, 0.6) is 0 Å². The van der Waals surface area contributed by atoms with Crippen LogP contribution < -0.4 is 10.6 Å². The standard InChI is InChI=1S/C19H23N5O4/c1-20-17(25)13-24-12-16(11-22-24)14-4-2-5-15(10-14)18(26)21-6-8-23-7-3-9-28-19(23)27/h2,4-5,10-12H,3,6-9,13H2,1H3,(H,20,25)(H,21,26). The lowest BCUT2D eigenvalue weighted by atomic mass is 10.1. The minimum Gasteiger partial charge on any atom is -0.449 e. The van der Waals surface area contributed by atoms with E-state index < -0.39 is 0 Å². The molecule has 2 heterocycles. The van der Waals surface area contributed by atoms with E-state index >= 15 is 0 Å². The van der Waals surface area contributed by atoms with Crippen molar-refractivity contribution in [3.05, 3.63) is 42.2 Å². The molecule has 28 heavy (non-hydrogen) atoms. The van der Waals surface area contributed by atoms with Gasteiger partial charge in [-0.3, -0.25) is 14.3 Å². The summed E-state index contributed by atoms with van der Waals surface area (Å²) in [6.45, 7) is 1.99. The summed E-state index contributed by atoms with van der Waals surface area (Å²) in [5, 5.41) is 9.54. The maximum absolute atomic E-state index is 12.4. The number of ether oxygens (including phenoxy) is 1. The molecule has 1 aromatic heterocycles. The number of hydrogen-bond acceptors (Lipinski definition) is 5. The van der Waals surface area contributed by atoms with E-state index in [0.29, 0.717) is 31.8 Å².